The van der Waals surface area contributed by atoms with Gasteiger partial charge in [0.2, 0.25) is 82.7 Å². The van der Waals surface area contributed by atoms with Crippen molar-refractivity contribution in [1.82, 2.24) is 74.1 Å². The molecule has 0 unspecified atom stereocenters. The molecule has 26 N–H and O–H groups in total. The minimum Gasteiger partial charge on any atom is -0.508 e. The van der Waals surface area contributed by atoms with E-state index in [0.717, 1.165) is 16.5 Å². The molecule has 2 aromatic carbocycles. The minimum absolute atomic E-state index is 0.00110. The van der Waals surface area contributed by atoms with Gasteiger partial charge in [-0.15, -0.1) is 0 Å². The van der Waals surface area contributed by atoms with Crippen molar-refractivity contribution < 1.29 is 77.3 Å². The van der Waals surface area contributed by atoms with Gasteiger partial charge in [0.05, 0.1) is 25.7 Å². The molecule has 36 nitrogen and oxygen atoms in total. The highest BCUT2D eigenvalue weighted by Crippen LogP contribution is 2.20. The second kappa shape index (κ2) is 50.1. The van der Waals surface area contributed by atoms with Crippen LogP contribution in [0.5, 0.6) is 5.75 Å². The number of primary amides is 1. The van der Waals surface area contributed by atoms with Gasteiger partial charge in [-0.3, -0.25) is 72.1 Å². The summed E-state index contributed by atoms with van der Waals surface area (Å²) in [4.78, 5) is 190. The molecule has 0 radical (unpaired) electrons. The van der Waals surface area contributed by atoms with Crippen LogP contribution in [0.1, 0.15) is 155 Å². The van der Waals surface area contributed by atoms with E-state index in [-0.39, 0.29) is 119 Å². The van der Waals surface area contributed by atoms with Crippen molar-refractivity contribution in [3.8, 4) is 5.75 Å². The largest absolute Gasteiger partial charge is 0.508 e. The van der Waals surface area contributed by atoms with Crippen LogP contribution in [-0.4, -0.2) is 211 Å². The van der Waals surface area contributed by atoms with Crippen LogP contribution in [0.15, 0.2) is 59.7 Å². The van der Waals surface area contributed by atoms with E-state index in [2.05, 4.69) is 79.1 Å². The molecule has 1 aromatic heterocycles. The Bertz CT molecular complexity index is 3460. The number of aliphatic hydroxyl groups excluding tert-OH is 1. The normalized spacial score (nSPS) is 13.6. The van der Waals surface area contributed by atoms with Gasteiger partial charge in [-0.1, -0.05) is 58.0 Å². The number of fused-ring (bicyclic) bond motifs is 1. The number of carbonyl (C=O) groups excluding carboxylic acids is 14. The predicted octanol–water partition coefficient (Wildman–Crippen LogP) is -3.25. The first-order valence-electron chi connectivity index (χ1n) is 36.8. The molecule has 0 spiro atoms. The lowest BCUT2D eigenvalue weighted by Crippen LogP contribution is -2.58. The fourth-order valence-corrected chi connectivity index (χ4v) is 11.0. The highest BCUT2D eigenvalue weighted by molar-refractivity contribution is 5.98. The molecule has 0 bridgehead atoms. The highest BCUT2D eigenvalue weighted by Gasteiger charge is 2.33. The number of aromatic amines is 1. The zero-order valence-electron chi connectivity index (χ0n) is 62.9. The van der Waals surface area contributed by atoms with Crippen molar-refractivity contribution in [1.29, 1.82) is 0 Å². The molecular weight excluding hydrogens is 1400 g/mol. The monoisotopic (exact) mass is 1520 g/mol. The number of benzene rings is 2. The first kappa shape index (κ1) is 91.7. The number of nitrogens with two attached hydrogens (primary N) is 5. The van der Waals surface area contributed by atoms with Gasteiger partial charge < -0.3 is 113 Å². The van der Waals surface area contributed by atoms with E-state index >= 15 is 0 Å². The topological polar surface area (TPSA) is 594 Å². The molecule has 36 heteroatoms. The molecule has 600 valence electrons. The van der Waals surface area contributed by atoms with E-state index in [9.17, 15) is 77.3 Å². The summed E-state index contributed by atoms with van der Waals surface area (Å²) in [6.45, 7) is 9.21. The number of guanidine groups is 1. The summed E-state index contributed by atoms with van der Waals surface area (Å²) in [5.74, 6) is -9.33. The third-order valence-electron chi connectivity index (χ3n) is 17.0. The Labute approximate surface area is 629 Å². The average Bonchev–Trinajstić information content (AvgIpc) is 1.67. The summed E-state index contributed by atoms with van der Waals surface area (Å²) >= 11 is 0. The molecule has 3 aromatic rings. The van der Waals surface area contributed by atoms with Crippen LogP contribution >= 0.6 is 0 Å². The zero-order chi connectivity index (χ0) is 80.3. The molecular formula is C72H116N20O16. The van der Waals surface area contributed by atoms with E-state index in [1.165, 1.54) is 26.0 Å². The van der Waals surface area contributed by atoms with Crippen molar-refractivity contribution >= 4 is 99.6 Å². The number of H-pyrrole nitrogens is 1. The van der Waals surface area contributed by atoms with Gasteiger partial charge in [-0.2, -0.15) is 0 Å². The van der Waals surface area contributed by atoms with Crippen LogP contribution in [0, 0.1) is 11.8 Å². The summed E-state index contributed by atoms with van der Waals surface area (Å²) in [6.07, 6.45) is 7.05. The van der Waals surface area contributed by atoms with E-state index < -0.39 is 145 Å². The molecule has 0 aliphatic rings. The van der Waals surface area contributed by atoms with Gasteiger partial charge >= 0.3 is 0 Å². The molecule has 14 amide bonds. The quantitative estimate of drug-likeness (QED) is 0.0150. The van der Waals surface area contributed by atoms with Gasteiger partial charge in [0.15, 0.2) is 5.96 Å². The minimum atomic E-state index is -1.40. The van der Waals surface area contributed by atoms with Crippen LogP contribution in [0.25, 0.3) is 10.9 Å². The maximum Gasteiger partial charge on any atom is 0.243 e. The first-order valence-corrected chi connectivity index (χ1v) is 36.8. The van der Waals surface area contributed by atoms with Crippen LogP contribution in [0.2, 0.25) is 0 Å². The second-order valence-electron chi connectivity index (χ2n) is 27.4. The number of rotatable bonds is 53. The molecule has 1 heterocycles. The molecule has 0 saturated heterocycles. The van der Waals surface area contributed by atoms with Crippen molar-refractivity contribution in [2.75, 3.05) is 52.4 Å². The Morgan fingerprint density at radius 1 is 0.454 bits per heavy atom. The van der Waals surface area contributed by atoms with Crippen molar-refractivity contribution in [3.63, 3.8) is 0 Å². The Balaban J connectivity index is 1.35. The number of nitrogens with one attached hydrogen (secondary N) is 14. The van der Waals surface area contributed by atoms with Crippen molar-refractivity contribution in [3.05, 3.63) is 65.9 Å². The molecule has 108 heavy (non-hydrogen) atoms. The maximum atomic E-state index is 14.0. The van der Waals surface area contributed by atoms with E-state index in [4.69, 9.17) is 28.7 Å². The molecule has 9 atom stereocenters. The number of aliphatic imine (C=N–C) groups is 1. The molecule has 0 fully saturated rings. The number of aromatic hydroxyl groups is 1. The molecule has 0 saturated carbocycles. The lowest BCUT2D eigenvalue weighted by Gasteiger charge is -2.26. The van der Waals surface area contributed by atoms with Gasteiger partial charge in [-0.05, 0) is 151 Å². The SMILES string of the molecule is CC(C)C[C@H](NC(=O)CNC(=O)[C@H](C)NC(=O)[C@H](C)NC(=O)[C@H](CCCN=C(N)N)NC(=O)CNC(=O)CCCCNC(=O)CCCCNC(=O)CCCCNC(=O)[C@H](CCCCN)NC(=O)[C@H](Cc1ccc(O)cc1)NC(=O)[C@@H](N)Cc1c[nH]c2ccccc12)C(=O)N[C@@H](CC(C)C)C(=O)N[C@@H](CO)C(N)=O. The summed E-state index contributed by atoms with van der Waals surface area (Å²) in [5.41, 5.74) is 30.6. The van der Waals surface area contributed by atoms with Crippen molar-refractivity contribution in [2.24, 2.45) is 45.5 Å². The summed E-state index contributed by atoms with van der Waals surface area (Å²) in [6, 6.07) is 3.24. The van der Waals surface area contributed by atoms with E-state index in [1.54, 1.807) is 46.0 Å². The van der Waals surface area contributed by atoms with Crippen LogP contribution in [0.3, 0.4) is 0 Å². The van der Waals surface area contributed by atoms with E-state index in [0.29, 0.717) is 70.0 Å². The van der Waals surface area contributed by atoms with Crippen molar-refractivity contribution in [2.45, 2.75) is 211 Å². The number of unbranched alkanes of at least 4 members (excludes halogenated alkanes) is 4. The number of para-hydroxylation sites is 1. The van der Waals surface area contributed by atoms with Gasteiger partial charge in [0.25, 0.3) is 0 Å². The van der Waals surface area contributed by atoms with Gasteiger partial charge in [0.1, 0.15) is 54.1 Å². The highest BCUT2D eigenvalue weighted by atomic mass is 16.3. The van der Waals surface area contributed by atoms with Crippen LogP contribution in [0.4, 0.5) is 0 Å². The fourth-order valence-electron chi connectivity index (χ4n) is 11.0. The third-order valence-corrected chi connectivity index (χ3v) is 17.0. The zero-order valence-corrected chi connectivity index (χ0v) is 62.9. The Morgan fingerprint density at radius 2 is 0.926 bits per heavy atom. The van der Waals surface area contributed by atoms with E-state index in [1.807, 2.05) is 24.3 Å². The standard InChI is InChI=1S/C72H116N20O16/c1-42(2)34-54(69(106)91-55(35-43(3)4)70(107)92-57(41-93)63(75)100)88-62(99)40-84-64(101)44(5)85-65(102)45(6)86-68(105)53(21-17-33-81-72(76)77)87-61(98)39-83-60(97)24-11-15-31-79-58(95)22-10-14-30-78-59(96)23-12-16-32-80-67(104)52(20-9-13-29-73)89-71(108)56(36-46-25-27-48(94)28-26-46)90-66(103)50(74)37-47-38-82-51-19-8-7-18-49(47)51/h7-8,18-19,25-28,38,42-45,50,52-57,82,93-94H,9-17,20-24,29-37,39-41,73-74H2,1-6H3,(H2,75,100)(H,78,96)(H,79,95)(H,80,104)(H,83,97)(H,84,101)(H,85,102)(H,86,105)(H,87,98)(H,88,99)(H,89,108)(H,90,103)(H,91,106)(H,92,107)(H4,76,77,81)/t44-,45-,50-,52-,53-,54-,55-,56-,57-/m0/s1. The van der Waals surface area contributed by atoms with Crippen LogP contribution in [-0.2, 0) is 80.0 Å². The Kier molecular flexibility index (Phi) is 42.6. The third kappa shape index (κ3) is 37.2. The Morgan fingerprint density at radius 3 is 1.49 bits per heavy atom. The fraction of sp³-hybridized carbons (Fsp3) is 0.597. The Hall–Kier alpha value is -10.5. The number of hydrogen-bond acceptors (Lipinski definition) is 19. The number of aliphatic hydroxyl groups is 1. The number of aromatic nitrogens is 1. The summed E-state index contributed by atoms with van der Waals surface area (Å²) in [7, 11) is 0. The molecule has 0 aliphatic carbocycles. The van der Waals surface area contributed by atoms with Gasteiger partial charge in [0, 0.05) is 69.0 Å². The number of carbonyl (C=O) groups is 14. The number of amides is 14. The maximum absolute atomic E-state index is 14.0. The predicted molar refractivity (Wildman–Crippen MR) is 403 cm³/mol. The number of nitrogens with zero attached hydrogens (tertiary/aromatic N) is 1. The summed E-state index contributed by atoms with van der Waals surface area (Å²) < 4.78 is 0. The van der Waals surface area contributed by atoms with Gasteiger partial charge in [-0.25, -0.2) is 0 Å². The molecule has 0 aliphatic heterocycles. The summed E-state index contributed by atoms with van der Waals surface area (Å²) in [5, 5.41) is 54.1. The average molecular weight is 1520 g/mol. The van der Waals surface area contributed by atoms with Crippen LogP contribution < -0.4 is 97.8 Å². The smallest absolute Gasteiger partial charge is 0.243 e. The lowest BCUT2D eigenvalue weighted by molar-refractivity contribution is -0.134. The first-order chi connectivity index (χ1) is 51.3. The molecule has 3 rings (SSSR count). The number of phenols is 1. The second-order valence-corrected chi connectivity index (χ2v) is 27.4. The lowest BCUT2D eigenvalue weighted by atomic mass is 10.00. The number of phenolic OH excluding ortho intramolecular Hbond substituents is 1. The number of hydrogen-bond donors (Lipinski definition) is 21.